The van der Waals surface area contributed by atoms with E-state index >= 15 is 0 Å². The van der Waals surface area contributed by atoms with Crippen LogP contribution in [-0.2, 0) is 20.9 Å². The highest BCUT2D eigenvalue weighted by Crippen LogP contribution is 2.41. The van der Waals surface area contributed by atoms with Crippen molar-refractivity contribution in [2.24, 2.45) is 0 Å². The van der Waals surface area contributed by atoms with Crippen LogP contribution in [0.5, 0.6) is 0 Å². The van der Waals surface area contributed by atoms with Crippen molar-refractivity contribution < 1.29 is 14.3 Å². The molecule has 94 valence electrons. The standard InChI is InChI=1S/C14H15NO3/c1-13(2)9-14(10-15,18-13)12(16)17-8-11-6-4-3-5-7-11/h3-7H,8-9H2,1-2H3/t14-/m1/s1. The quantitative estimate of drug-likeness (QED) is 0.766. The lowest BCUT2D eigenvalue weighted by Gasteiger charge is -2.46. The van der Waals surface area contributed by atoms with Gasteiger partial charge in [-0.25, -0.2) is 4.79 Å². The van der Waals surface area contributed by atoms with Crippen molar-refractivity contribution in [1.29, 1.82) is 5.26 Å². The fourth-order valence-electron chi connectivity index (χ4n) is 2.12. The highest BCUT2D eigenvalue weighted by Gasteiger charge is 2.58. The molecule has 4 nitrogen and oxygen atoms in total. The summed E-state index contributed by atoms with van der Waals surface area (Å²) < 4.78 is 10.5. The van der Waals surface area contributed by atoms with Crippen molar-refractivity contribution in [3.8, 4) is 6.07 Å². The monoisotopic (exact) mass is 245 g/mol. The Morgan fingerprint density at radius 2 is 2.06 bits per heavy atom. The molecule has 1 aromatic rings. The van der Waals surface area contributed by atoms with Crippen LogP contribution >= 0.6 is 0 Å². The maximum absolute atomic E-state index is 11.9. The average Bonchev–Trinajstić information content (AvgIpc) is 2.33. The van der Waals surface area contributed by atoms with E-state index in [-0.39, 0.29) is 6.61 Å². The molecule has 0 bridgehead atoms. The summed E-state index contributed by atoms with van der Waals surface area (Å²) in [6.45, 7) is 3.84. The normalized spacial score (nSPS) is 24.7. The maximum Gasteiger partial charge on any atom is 0.353 e. The zero-order chi connectivity index (χ0) is 13.2. The molecule has 1 saturated heterocycles. The molecule has 0 spiro atoms. The zero-order valence-corrected chi connectivity index (χ0v) is 10.5. The first-order valence-corrected chi connectivity index (χ1v) is 5.80. The third kappa shape index (κ3) is 2.36. The molecule has 1 aliphatic rings. The Labute approximate surface area is 106 Å². The molecule has 1 aromatic carbocycles. The van der Waals surface area contributed by atoms with E-state index in [0.717, 1.165) is 5.56 Å². The Morgan fingerprint density at radius 1 is 1.44 bits per heavy atom. The number of benzene rings is 1. The number of hydrogen-bond donors (Lipinski definition) is 0. The zero-order valence-electron chi connectivity index (χ0n) is 10.5. The lowest BCUT2D eigenvalue weighted by molar-refractivity contribution is -0.239. The third-order valence-electron chi connectivity index (χ3n) is 2.85. The Morgan fingerprint density at radius 3 is 2.56 bits per heavy atom. The van der Waals surface area contributed by atoms with Crippen LogP contribution in [0.4, 0.5) is 0 Å². The summed E-state index contributed by atoms with van der Waals surface area (Å²) in [4.78, 5) is 11.9. The number of esters is 1. The number of carbonyl (C=O) groups excluding carboxylic acids is 1. The molecular weight excluding hydrogens is 230 g/mol. The fraction of sp³-hybridized carbons (Fsp3) is 0.429. The van der Waals surface area contributed by atoms with E-state index in [9.17, 15) is 4.79 Å². The van der Waals surface area contributed by atoms with Crippen molar-refractivity contribution in [3.05, 3.63) is 35.9 Å². The first kappa shape index (κ1) is 12.6. The van der Waals surface area contributed by atoms with E-state index in [4.69, 9.17) is 14.7 Å². The second-order valence-electron chi connectivity index (χ2n) is 5.04. The highest BCUT2D eigenvalue weighted by molar-refractivity contribution is 5.84. The summed E-state index contributed by atoms with van der Waals surface area (Å²) in [5, 5.41) is 9.06. The molecule has 18 heavy (non-hydrogen) atoms. The molecule has 0 radical (unpaired) electrons. The summed E-state index contributed by atoms with van der Waals surface area (Å²) in [6.07, 6.45) is 0.365. The van der Waals surface area contributed by atoms with Gasteiger partial charge in [0, 0.05) is 6.42 Å². The lowest BCUT2D eigenvalue weighted by atomic mass is 9.82. The fourth-order valence-corrected chi connectivity index (χ4v) is 2.12. The Kier molecular flexibility index (Phi) is 3.10. The molecule has 1 aliphatic heterocycles. The molecule has 0 aliphatic carbocycles. The highest BCUT2D eigenvalue weighted by atomic mass is 16.6. The first-order valence-electron chi connectivity index (χ1n) is 5.80. The van der Waals surface area contributed by atoms with Crippen LogP contribution in [0.25, 0.3) is 0 Å². The largest absolute Gasteiger partial charge is 0.458 e. The molecule has 0 amide bonds. The number of ether oxygens (including phenoxy) is 2. The van der Waals surface area contributed by atoms with E-state index in [1.165, 1.54) is 0 Å². The molecule has 0 saturated carbocycles. The van der Waals surface area contributed by atoms with Gasteiger partial charge in [0.1, 0.15) is 12.7 Å². The number of nitriles is 1. The van der Waals surface area contributed by atoms with Gasteiger partial charge in [-0.1, -0.05) is 30.3 Å². The average molecular weight is 245 g/mol. The van der Waals surface area contributed by atoms with Crippen molar-refractivity contribution in [3.63, 3.8) is 0 Å². The summed E-state index contributed by atoms with van der Waals surface area (Å²) in [6, 6.07) is 11.3. The molecule has 1 fully saturated rings. The molecule has 2 rings (SSSR count). The van der Waals surface area contributed by atoms with E-state index in [1.807, 2.05) is 50.2 Å². The van der Waals surface area contributed by atoms with Crippen LogP contribution in [-0.4, -0.2) is 17.2 Å². The van der Waals surface area contributed by atoms with Crippen LogP contribution < -0.4 is 0 Å². The van der Waals surface area contributed by atoms with Crippen LogP contribution in [0.3, 0.4) is 0 Å². The van der Waals surface area contributed by atoms with Gasteiger partial charge in [-0.2, -0.15) is 5.26 Å². The van der Waals surface area contributed by atoms with Crippen molar-refractivity contribution >= 4 is 5.97 Å². The van der Waals surface area contributed by atoms with E-state index in [0.29, 0.717) is 6.42 Å². The second kappa shape index (κ2) is 4.43. The minimum absolute atomic E-state index is 0.160. The predicted molar refractivity (Wildman–Crippen MR) is 64.4 cm³/mol. The Balaban J connectivity index is 1.95. The van der Waals surface area contributed by atoms with E-state index in [1.54, 1.807) is 0 Å². The van der Waals surface area contributed by atoms with Gasteiger partial charge >= 0.3 is 5.97 Å². The molecule has 1 atom stereocenters. The second-order valence-corrected chi connectivity index (χ2v) is 5.04. The van der Waals surface area contributed by atoms with Gasteiger partial charge in [0.2, 0.25) is 0 Å². The van der Waals surface area contributed by atoms with Crippen LogP contribution in [0.2, 0.25) is 0 Å². The van der Waals surface area contributed by atoms with Gasteiger partial charge in [0.25, 0.3) is 5.60 Å². The van der Waals surface area contributed by atoms with Crippen LogP contribution in [0, 0.1) is 11.3 Å². The smallest absolute Gasteiger partial charge is 0.353 e. The molecule has 0 aromatic heterocycles. The summed E-state index contributed by atoms with van der Waals surface area (Å²) in [5.41, 5.74) is -0.961. The van der Waals surface area contributed by atoms with Crippen LogP contribution in [0.15, 0.2) is 30.3 Å². The first-order chi connectivity index (χ1) is 8.47. The van der Waals surface area contributed by atoms with Gasteiger partial charge in [-0.05, 0) is 19.4 Å². The van der Waals surface area contributed by atoms with Gasteiger partial charge in [0.15, 0.2) is 0 Å². The lowest BCUT2D eigenvalue weighted by Crippen LogP contribution is -2.60. The minimum Gasteiger partial charge on any atom is -0.458 e. The number of carbonyl (C=O) groups is 1. The number of hydrogen-bond acceptors (Lipinski definition) is 4. The SMILES string of the molecule is CC1(C)C[C@@](C#N)(C(=O)OCc2ccccc2)O1. The van der Waals surface area contributed by atoms with Crippen molar-refractivity contribution in [2.45, 2.75) is 38.1 Å². The van der Waals surface area contributed by atoms with Gasteiger partial charge < -0.3 is 9.47 Å². The van der Waals surface area contributed by atoms with Gasteiger partial charge in [0.05, 0.1) is 5.60 Å². The molecule has 1 heterocycles. The van der Waals surface area contributed by atoms with Crippen molar-refractivity contribution in [1.82, 2.24) is 0 Å². The number of nitrogens with zero attached hydrogens (tertiary/aromatic N) is 1. The molecule has 4 heteroatoms. The summed E-state index contributed by atoms with van der Waals surface area (Å²) in [7, 11) is 0. The maximum atomic E-state index is 11.9. The van der Waals surface area contributed by atoms with Gasteiger partial charge in [-0.3, -0.25) is 0 Å². The molecular formula is C14H15NO3. The third-order valence-corrected chi connectivity index (χ3v) is 2.85. The molecule has 0 unspecified atom stereocenters. The van der Waals surface area contributed by atoms with Gasteiger partial charge in [-0.15, -0.1) is 0 Å². The summed E-state index contributed by atoms with van der Waals surface area (Å²) >= 11 is 0. The topological polar surface area (TPSA) is 59.3 Å². The Bertz CT molecular complexity index is 480. The van der Waals surface area contributed by atoms with Crippen LogP contribution in [0.1, 0.15) is 25.8 Å². The van der Waals surface area contributed by atoms with E-state index in [2.05, 4.69) is 0 Å². The minimum atomic E-state index is -1.42. The van der Waals surface area contributed by atoms with E-state index < -0.39 is 17.2 Å². The Hall–Kier alpha value is -1.86. The van der Waals surface area contributed by atoms with Crippen molar-refractivity contribution in [2.75, 3.05) is 0 Å². The predicted octanol–water partition coefficient (Wildman–Crippen LogP) is 2.19. The summed E-state index contributed by atoms with van der Waals surface area (Å²) in [5.74, 6) is -0.604. The molecule has 0 N–H and O–H groups in total. The number of rotatable bonds is 3.